The highest BCUT2D eigenvalue weighted by Gasteiger charge is 2.51. The van der Waals surface area contributed by atoms with Crippen molar-refractivity contribution >= 4 is 56.2 Å². The van der Waals surface area contributed by atoms with Crippen molar-refractivity contribution < 1.29 is 88.9 Å². The molecule has 0 aliphatic carbocycles. The lowest BCUT2D eigenvalue weighted by Crippen LogP contribution is -2.35. The number of nitrogens with two attached hydrogens (primary N) is 1. The lowest BCUT2D eigenvalue weighted by Gasteiger charge is -2.23. The Labute approximate surface area is 218 Å². The van der Waals surface area contributed by atoms with Gasteiger partial charge in [-0.05, 0) is 0 Å². The second-order valence-corrected chi connectivity index (χ2v) is 14.5. The van der Waals surface area contributed by atoms with E-state index >= 15 is 0 Å². The predicted octanol–water partition coefficient (Wildman–Crippen LogP) is -2.10. The van der Waals surface area contributed by atoms with Crippen LogP contribution in [0.3, 0.4) is 0 Å². The third-order valence-corrected chi connectivity index (χ3v) is 10.3. The average Bonchev–Trinajstić information content (AvgIpc) is 3.23. The number of nitrogen functional groups attached to an aromatic ring is 1. The smallest absolute Gasteiger partial charge is 0.387 e. The molecule has 11 N–H and O–H groups in total. The first-order valence-corrected chi connectivity index (χ1v) is 17.1. The molecule has 1 saturated heterocycles. The van der Waals surface area contributed by atoms with Gasteiger partial charge in [0, 0.05) is 0 Å². The first-order chi connectivity index (χ1) is 18.0. The summed E-state index contributed by atoms with van der Waals surface area (Å²) < 4.78 is 83.3. The number of aliphatic hydroxyl groups excluding tert-OH is 1. The van der Waals surface area contributed by atoms with Crippen molar-refractivity contribution in [1.29, 1.82) is 0 Å². The molecule has 7 atom stereocenters. The molecule has 2 aromatic heterocycles. The second kappa shape index (κ2) is 11.4. The molecule has 40 heavy (non-hydrogen) atoms. The number of aliphatic hydroxyl groups is 1. The van der Waals surface area contributed by atoms with Gasteiger partial charge in [-0.3, -0.25) is 23.4 Å². The second-order valence-electron chi connectivity index (χ2n) is 7.33. The fourth-order valence-corrected chi connectivity index (χ4v) is 7.90. The Balaban J connectivity index is 1.91. The van der Waals surface area contributed by atoms with Gasteiger partial charge < -0.3 is 49.8 Å². The molecular formula is C10H18N5O20P5. The lowest BCUT2D eigenvalue weighted by molar-refractivity contribution is -0.0497. The molecular weight excluding hydrogens is 665 g/mol. The number of aromatic nitrogens is 4. The normalized spacial score (nSPS) is 26.8. The van der Waals surface area contributed by atoms with Crippen LogP contribution in [0.2, 0.25) is 0 Å². The van der Waals surface area contributed by atoms with E-state index in [0.717, 1.165) is 10.9 Å². The summed E-state index contributed by atoms with van der Waals surface area (Å²) in [5.41, 5.74) is 3.83. The van der Waals surface area contributed by atoms with Crippen LogP contribution in [0.5, 0.6) is 0 Å². The standard InChI is InChI=1S/C10H18N5O20P5/c11-10-13-7-4(8(17)14-10)12-2-15(7)9-6(32-39(26,27)33-36(18,19)20)5(16)3(31-9)1-30-38(24,25)35-40(28,29)34-37(21,22)23/h2-3,5-6,9,16H,1H2,(H,24,25)(H,26,27)(H,28,29)(H2,18,19,20)(H2,21,22,23)(H3,11,13,14,17)/t3-,5-,6-,9?/m1/s1. The van der Waals surface area contributed by atoms with Crippen LogP contribution in [-0.4, -0.2) is 83.8 Å². The van der Waals surface area contributed by atoms with Gasteiger partial charge in [0.05, 0.1) is 12.9 Å². The van der Waals surface area contributed by atoms with Gasteiger partial charge in [0.2, 0.25) is 5.95 Å². The number of ether oxygens (including phenoxy) is 1. The van der Waals surface area contributed by atoms with E-state index in [1.54, 1.807) is 0 Å². The number of aromatic amines is 1. The van der Waals surface area contributed by atoms with Crippen LogP contribution >= 0.6 is 39.1 Å². The van der Waals surface area contributed by atoms with E-state index in [9.17, 15) is 47.4 Å². The summed E-state index contributed by atoms with van der Waals surface area (Å²) in [6.07, 6.45) is -7.40. The number of phosphoric ester groups is 2. The van der Waals surface area contributed by atoms with E-state index in [0.29, 0.717) is 0 Å². The fourth-order valence-electron chi connectivity index (χ4n) is 3.10. The highest BCUT2D eigenvalue weighted by Crippen LogP contribution is 2.66. The molecule has 1 fully saturated rings. The Morgan fingerprint density at radius 2 is 1.52 bits per heavy atom. The first kappa shape index (κ1) is 33.2. The van der Waals surface area contributed by atoms with Crippen molar-refractivity contribution in [2.75, 3.05) is 12.3 Å². The highest BCUT2D eigenvalue weighted by molar-refractivity contribution is 7.66. The molecule has 3 rings (SSSR count). The maximum Gasteiger partial charge on any atom is 0.490 e. The molecule has 0 saturated carbocycles. The van der Waals surface area contributed by atoms with Crippen molar-refractivity contribution in [2.45, 2.75) is 24.5 Å². The number of anilines is 1. The fraction of sp³-hybridized carbons (Fsp3) is 0.500. The Kier molecular flexibility index (Phi) is 9.51. The number of imidazole rings is 1. The number of hydrogen-bond acceptors (Lipinski definition) is 16. The summed E-state index contributed by atoms with van der Waals surface area (Å²) in [6, 6.07) is 0. The zero-order valence-electron chi connectivity index (χ0n) is 18.7. The molecule has 25 nitrogen and oxygen atoms in total. The van der Waals surface area contributed by atoms with Crippen LogP contribution < -0.4 is 11.3 Å². The topological polar surface area (TPSA) is 392 Å². The van der Waals surface area contributed by atoms with Crippen molar-refractivity contribution in [1.82, 2.24) is 19.5 Å². The zero-order chi connectivity index (χ0) is 30.5. The number of hydrogen-bond donors (Lipinski definition) is 10. The summed E-state index contributed by atoms with van der Waals surface area (Å²) in [5, 5.41) is 10.6. The van der Waals surface area contributed by atoms with Crippen molar-refractivity contribution in [2.24, 2.45) is 0 Å². The van der Waals surface area contributed by atoms with Gasteiger partial charge in [0.1, 0.15) is 18.3 Å². The summed E-state index contributed by atoms with van der Waals surface area (Å²) >= 11 is 0. The summed E-state index contributed by atoms with van der Waals surface area (Å²) in [7, 11) is -28.7. The van der Waals surface area contributed by atoms with E-state index in [1.165, 1.54) is 0 Å². The van der Waals surface area contributed by atoms with E-state index in [-0.39, 0.29) is 11.2 Å². The Hall–Kier alpha value is -1.26. The van der Waals surface area contributed by atoms with Crippen molar-refractivity contribution in [3.8, 4) is 0 Å². The largest absolute Gasteiger partial charge is 0.490 e. The Morgan fingerprint density at radius 1 is 0.950 bits per heavy atom. The van der Waals surface area contributed by atoms with E-state index in [4.69, 9.17) is 30.0 Å². The van der Waals surface area contributed by atoms with Crippen LogP contribution in [-0.2, 0) is 49.5 Å². The number of H-pyrrole nitrogens is 1. The Morgan fingerprint density at radius 3 is 2.10 bits per heavy atom. The summed E-state index contributed by atoms with van der Waals surface area (Å²) in [6.45, 7) is -1.31. The molecule has 1 aliphatic heterocycles. The molecule has 0 aromatic carbocycles. The molecule has 0 amide bonds. The summed E-state index contributed by atoms with van der Waals surface area (Å²) in [4.78, 5) is 85.1. The molecule has 30 heteroatoms. The number of fused-ring (bicyclic) bond motifs is 1. The minimum Gasteiger partial charge on any atom is -0.387 e. The number of phosphoric acid groups is 5. The van der Waals surface area contributed by atoms with Crippen LogP contribution in [0, 0.1) is 0 Å². The average molecular weight is 683 g/mol. The van der Waals surface area contributed by atoms with Crippen LogP contribution in [0.4, 0.5) is 5.95 Å². The van der Waals surface area contributed by atoms with Crippen molar-refractivity contribution in [3.63, 3.8) is 0 Å². The minimum atomic E-state index is -5.92. The molecule has 0 bridgehead atoms. The third-order valence-electron chi connectivity index (χ3n) is 4.32. The van der Waals surface area contributed by atoms with Gasteiger partial charge in [-0.2, -0.15) is 17.9 Å². The van der Waals surface area contributed by atoms with Crippen molar-refractivity contribution in [3.05, 3.63) is 16.7 Å². The van der Waals surface area contributed by atoms with Gasteiger partial charge in [0.25, 0.3) is 5.56 Å². The summed E-state index contributed by atoms with van der Waals surface area (Å²) in [5.74, 6) is -0.461. The SMILES string of the molecule is Nc1nc2c(ncn2C2O[C@H](COP(=O)(O)OP(=O)(O)OP(=O)(O)O)[C@@H](O)[C@H]2OP(=O)(O)OP(=O)(O)O)c(=O)[nH]1. The zero-order valence-corrected chi connectivity index (χ0v) is 23.2. The maximum atomic E-state index is 12.2. The van der Waals surface area contributed by atoms with Gasteiger partial charge in [-0.1, -0.05) is 0 Å². The molecule has 0 spiro atoms. The molecule has 3 heterocycles. The van der Waals surface area contributed by atoms with Gasteiger partial charge in [-0.15, -0.1) is 0 Å². The molecule has 4 unspecified atom stereocenters. The predicted molar refractivity (Wildman–Crippen MR) is 120 cm³/mol. The van der Waals surface area contributed by atoms with E-state index in [1.807, 2.05) is 0 Å². The number of nitrogens with one attached hydrogen (secondary N) is 1. The Bertz CT molecular complexity index is 1560. The monoisotopic (exact) mass is 683 g/mol. The molecule has 1 aliphatic rings. The van der Waals surface area contributed by atoms with E-state index in [2.05, 4.69) is 36.9 Å². The lowest BCUT2D eigenvalue weighted by atomic mass is 10.1. The quantitative estimate of drug-likeness (QED) is 0.107. The van der Waals surface area contributed by atoms with Gasteiger partial charge in [-0.25, -0.2) is 27.8 Å². The number of rotatable bonds is 12. The van der Waals surface area contributed by atoms with Crippen LogP contribution in [0.25, 0.3) is 11.2 Å². The minimum absolute atomic E-state index is 0.385. The first-order valence-electron chi connectivity index (χ1n) is 9.60. The van der Waals surface area contributed by atoms with Gasteiger partial charge in [0.15, 0.2) is 17.4 Å². The van der Waals surface area contributed by atoms with Gasteiger partial charge >= 0.3 is 39.1 Å². The number of nitrogens with zero attached hydrogens (tertiary/aromatic N) is 3. The molecule has 2 aromatic rings. The third kappa shape index (κ3) is 8.87. The molecule has 228 valence electrons. The van der Waals surface area contributed by atoms with Crippen LogP contribution in [0.1, 0.15) is 6.23 Å². The molecule has 0 radical (unpaired) electrons. The van der Waals surface area contributed by atoms with Crippen LogP contribution in [0.15, 0.2) is 11.1 Å². The van der Waals surface area contributed by atoms with E-state index < -0.39 is 81.8 Å². The maximum absolute atomic E-state index is 12.2. The highest BCUT2D eigenvalue weighted by atomic mass is 31.3.